The molecule has 0 aliphatic heterocycles. The third-order valence-corrected chi connectivity index (χ3v) is 2.69. The van der Waals surface area contributed by atoms with Gasteiger partial charge in [0.25, 0.3) is 0 Å². The average Bonchev–Trinajstić information content (AvgIpc) is 2.88. The molecule has 1 amide bonds. The molecule has 0 unspecified atom stereocenters. The van der Waals surface area contributed by atoms with E-state index < -0.39 is 0 Å². The molecule has 1 heterocycles. The molecule has 2 aromatic rings. The number of anilines is 1. The summed E-state index contributed by atoms with van der Waals surface area (Å²) in [5.41, 5.74) is 1.97. The molecule has 2 rings (SSSR count). The Hall–Kier alpha value is -2.14. The minimum absolute atomic E-state index is 0.0313. The number of hydrogen-bond donors (Lipinski definition) is 2. The Morgan fingerprint density at radius 2 is 2.32 bits per heavy atom. The number of benzene rings is 1. The van der Waals surface area contributed by atoms with E-state index >= 15 is 0 Å². The van der Waals surface area contributed by atoms with E-state index in [9.17, 15) is 4.79 Å². The first kappa shape index (κ1) is 13.3. The van der Waals surface area contributed by atoms with Crippen LogP contribution in [0.3, 0.4) is 0 Å². The lowest BCUT2D eigenvalue weighted by molar-refractivity contribution is -0.115. The monoisotopic (exact) mass is 258 g/mol. The Morgan fingerprint density at radius 3 is 3.05 bits per heavy atom. The predicted molar refractivity (Wildman–Crippen MR) is 74.9 cm³/mol. The van der Waals surface area contributed by atoms with Gasteiger partial charge in [-0.2, -0.15) is 0 Å². The summed E-state index contributed by atoms with van der Waals surface area (Å²) in [6.07, 6.45) is 5.40. The number of aryl methyl sites for hydroxylation is 1. The zero-order valence-corrected chi connectivity index (χ0v) is 11.0. The number of nitrogens with zero attached hydrogens (tertiary/aromatic N) is 2. The van der Waals surface area contributed by atoms with Crippen molar-refractivity contribution in [2.75, 3.05) is 18.4 Å². The number of hydrogen-bond acceptors (Lipinski definition) is 3. The molecule has 1 aromatic carbocycles. The fourth-order valence-electron chi connectivity index (χ4n) is 1.76. The summed E-state index contributed by atoms with van der Waals surface area (Å²) >= 11 is 0. The van der Waals surface area contributed by atoms with Crippen molar-refractivity contribution in [3.05, 3.63) is 48.5 Å². The van der Waals surface area contributed by atoms with Gasteiger partial charge >= 0.3 is 0 Å². The van der Waals surface area contributed by atoms with Gasteiger partial charge in [-0.15, -0.1) is 0 Å². The van der Waals surface area contributed by atoms with Gasteiger partial charge in [-0.05, 0) is 24.6 Å². The minimum Gasteiger partial charge on any atom is -0.336 e. The van der Waals surface area contributed by atoms with Gasteiger partial charge in [0.15, 0.2) is 0 Å². The van der Waals surface area contributed by atoms with Crippen molar-refractivity contribution >= 4 is 11.6 Å². The Balaban J connectivity index is 1.67. The van der Waals surface area contributed by atoms with E-state index in [0.29, 0.717) is 6.54 Å². The first-order valence-electron chi connectivity index (χ1n) is 6.27. The molecule has 0 atom stereocenters. The molecule has 0 saturated carbocycles. The molecular weight excluding hydrogens is 240 g/mol. The van der Waals surface area contributed by atoms with Gasteiger partial charge < -0.3 is 15.2 Å². The fourth-order valence-corrected chi connectivity index (χ4v) is 1.76. The Bertz CT molecular complexity index is 522. The lowest BCUT2D eigenvalue weighted by Gasteiger charge is -2.07. The predicted octanol–water partition coefficient (Wildman–Crippen LogP) is 1.42. The van der Waals surface area contributed by atoms with Crippen LogP contribution in [0.1, 0.15) is 5.56 Å². The topological polar surface area (TPSA) is 59.0 Å². The van der Waals surface area contributed by atoms with Gasteiger partial charge in [0.05, 0.1) is 12.9 Å². The highest BCUT2D eigenvalue weighted by Gasteiger charge is 2.01. The van der Waals surface area contributed by atoms with Crippen LogP contribution in [0.4, 0.5) is 5.69 Å². The molecule has 5 heteroatoms. The van der Waals surface area contributed by atoms with Crippen LogP contribution < -0.4 is 10.6 Å². The SMILES string of the molecule is Cc1cccc(NC(=O)CNCCn2ccnc2)c1. The molecule has 100 valence electrons. The van der Waals surface area contributed by atoms with Gasteiger partial charge in [0.1, 0.15) is 0 Å². The molecule has 0 spiro atoms. The standard InChI is InChI=1S/C14H18N4O/c1-12-3-2-4-13(9-12)17-14(19)10-15-5-7-18-8-6-16-11-18/h2-4,6,8-9,11,15H,5,7,10H2,1H3,(H,17,19). The maximum Gasteiger partial charge on any atom is 0.238 e. The highest BCUT2D eigenvalue weighted by molar-refractivity contribution is 5.92. The van der Waals surface area contributed by atoms with Gasteiger partial charge in [0, 0.05) is 31.2 Å². The summed E-state index contributed by atoms with van der Waals surface area (Å²) in [5.74, 6) is -0.0313. The average molecular weight is 258 g/mol. The molecule has 0 aliphatic rings. The van der Waals surface area contributed by atoms with E-state index in [1.807, 2.05) is 42.0 Å². The van der Waals surface area contributed by atoms with Gasteiger partial charge in [-0.25, -0.2) is 4.98 Å². The number of aromatic nitrogens is 2. The van der Waals surface area contributed by atoms with Crippen molar-refractivity contribution in [3.63, 3.8) is 0 Å². The van der Waals surface area contributed by atoms with Crippen LogP contribution in [0.25, 0.3) is 0 Å². The molecule has 0 aliphatic carbocycles. The lowest BCUT2D eigenvalue weighted by atomic mass is 10.2. The van der Waals surface area contributed by atoms with Crippen LogP contribution in [0.2, 0.25) is 0 Å². The first-order valence-corrected chi connectivity index (χ1v) is 6.27. The van der Waals surface area contributed by atoms with E-state index in [4.69, 9.17) is 0 Å². The molecule has 0 fully saturated rings. The summed E-state index contributed by atoms with van der Waals surface area (Å²) in [4.78, 5) is 15.6. The van der Waals surface area contributed by atoms with E-state index in [1.165, 1.54) is 0 Å². The van der Waals surface area contributed by atoms with Crippen molar-refractivity contribution < 1.29 is 4.79 Å². The largest absolute Gasteiger partial charge is 0.336 e. The minimum atomic E-state index is -0.0313. The Labute approximate surface area is 112 Å². The van der Waals surface area contributed by atoms with Gasteiger partial charge in [-0.1, -0.05) is 12.1 Å². The zero-order chi connectivity index (χ0) is 13.5. The quantitative estimate of drug-likeness (QED) is 0.770. The molecule has 5 nitrogen and oxygen atoms in total. The summed E-state index contributed by atoms with van der Waals surface area (Å²) in [7, 11) is 0. The molecule has 1 aromatic heterocycles. The van der Waals surface area contributed by atoms with Crippen molar-refractivity contribution in [2.24, 2.45) is 0 Å². The van der Waals surface area contributed by atoms with Crippen LogP contribution in [0.15, 0.2) is 43.0 Å². The maximum absolute atomic E-state index is 11.7. The summed E-state index contributed by atoms with van der Waals surface area (Å²) in [6.45, 7) is 3.84. The van der Waals surface area contributed by atoms with E-state index in [-0.39, 0.29) is 5.91 Å². The fraction of sp³-hybridized carbons (Fsp3) is 0.286. The molecule has 19 heavy (non-hydrogen) atoms. The van der Waals surface area contributed by atoms with E-state index in [0.717, 1.165) is 24.3 Å². The number of carbonyl (C=O) groups excluding carboxylic acids is 1. The summed E-state index contributed by atoms with van der Waals surface area (Å²) < 4.78 is 1.96. The smallest absolute Gasteiger partial charge is 0.238 e. The molecule has 2 N–H and O–H groups in total. The maximum atomic E-state index is 11.7. The van der Waals surface area contributed by atoms with Crippen LogP contribution in [-0.2, 0) is 11.3 Å². The Morgan fingerprint density at radius 1 is 1.42 bits per heavy atom. The van der Waals surface area contributed by atoms with Crippen LogP contribution in [0.5, 0.6) is 0 Å². The third kappa shape index (κ3) is 4.56. The molecule has 0 bridgehead atoms. The highest BCUT2D eigenvalue weighted by Crippen LogP contribution is 2.08. The van der Waals surface area contributed by atoms with Crippen molar-refractivity contribution in [1.29, 1.82) is 0 Å². The first-order chi connectivity index (χ1) is 9.24. The summed E-state index contributed by atoms with van der Waals surface area (Å²) in [6, 6.07) is 7.76. The molecule has 0 radical (unpaired) electrons. The van der Waals surface area contributed by atoms with Gasteiger partial charge in [0.2, 0.25) is 5.91 Å². The second kappa shape index (κ2) is 6.70. The Kier molecular flexibility index (Phi) is 4.69. The molecular formula is C14H18N4O. The van der Waals surface area contributed by atoms with E-state index in [1.54, 1.807) is 12.5 Å². The van der Waals surface area contributed by atoms with Crippen molar-refractivity contribution in [1.82, 2.24) is 14.9 Å². The number of imidazole rings is 1. The van der Waals surface area contributed by atoms with Crippen LogP contribution in [-0.4, -0.2) is 28.5 Å². The highest BCUT2D eigenvalue weighted by atomic mass is 16.1. The second-order valence-electron chi connectivity index (χ2n) is 4.39. The number of rotatable bonds is 6. The van der Waals surface area contributed by atoms with Crippen LogP contribution >= 0.6 is 0 Å². The van der Waals surface area contributed by atoms with Crippen LogP contribution in [0, 0.1) is 6.92 Å². The second-order valence-corrected chi connectivity index (χ2v) is 4.39. The van der Waals surface area contributed by atoms with E-state index in [2.05, 4.69) is 15.6 Å². The lowest BCUT2D eigenvalue weighted by Crippen LogP contribution is -2.30. The summed E-state index contributed by atoms with van der Waals surface area (Å²) in [5, 5.41) is 5.95. The van der Waals surface area contributed by atoms with Gasteiger partial charge in [-0.3, -0.25) is 4.79 Å². The number of amides is 1. The zero-order valence-electron chi connectivity index (χ0n) is 11.0. The molecule has 0 saturated heterocycles. The number of carbonyl (C=O) groups is 1. The van der Waals surface area contributed by atoms with Crippen molar-refractivity contribution in [3.8, 4) is 0 Å². The number of nitrogens with one attached hydrogen (secondary N) is 2. The normalized spacial score (nSPS) is 10.4. The van der Waals surface area contributed by atoms with Crippen molar-refractivity contribution in [2.45, 2.75) is 13.5 Å². The third-order valence-electron chi connectivity index (χ3n) is 2.69.